The molecule has 0 saturated heterocycles. The first-order chi connectivity index (χ1) is 8.01. The van der Waals surface area contributed by atoms with Crippen LogP contribution >= 0.6 is 0 Å². The number of nitrogens with zero attached hydrogens (tertiary/aromatic N) is 2. The maximum Gasteiger partial charge on any atom is 0.0644 e. The van der Waals surface area contributed by atoms with Crippen LogP contribution in [-0.2, 0) is 6.54 Å². The normalized spacial score (nSPS) is 14.6. The molecule has 0 amide bonds. The van der Waals surface area contributed by atoms with Gasteiger partial charge in [0.15, 0.2) is 0 Å². The summed E-state index contributed by atoms with van der Waals surface area (Å²) in [6.45, 7) is 15.5. The molecule has 3 heteroatoms. The van der Waals surface area contributed by atoms with Crippen molar-refractivity contribution in [2.75, 3.05) is 0 Å². The fourth-order valence-electron chi connectivity index (χ4n) is 2.47. The number of hydrogen-bond donors (Lipinski definition) is 1. The van der Waals surface area contributed by atoms with Gasteiger partial charge in [-0.25, -0.2) is 0 Å². The largest absolute Gasteiger partial charge is 0.307 e. The summed E-state index contributed by atoms with van der Waals surface area (Å²) in [5.41, 5.74) is 3.74. The van der Waals surface area contributed by atoms with E-state index >= 15 is 0 Å². The number of rotatable bonds is 6. The third-order valence-corrected chi connectivity index (χ3v) is 3.22. The molecule has 0 aliphatic heterocycles. The van der Waals surface area contributed by atoms with Gasteiger partial charge < -0.3 is 5.32 Å². The molecule has 1 heterocycles. The molecule has 0 spiro atoms. The minimum atomic E-state index is 0.338. The number of aryl methyl sites for hydroxylation is 2. The van der Waals surface area contributed by atoms with Gasteiger partial charge in [-0.15, -0.1) is 6.58 Å². The van der Waals surface area contributed by atoms with Crippen LogP contribution in [0.2, 0.25) is 0 Å². The molecule has 2 unspecified atom stereocenters. The molecule has 3 nitrogen and oxygen atoms in total. The van der Waals surface area contributed by atoms with Gasteiger partial charge >= 0.3 is 0 Å². The maximum atomic E-state index is 4.56. The van der Waals surface area contributed by atoms with E-state index < -0.39 is 0 Å². The van der Waals surface area contributed by atoms with Gasteiger partial charge in [-0.3, -0.25) is 4.68 Å². The smallest absolute Gasteiger partial charge is 0.0644 e. The van der Waals surface area contributed by atoms with Gasteiger partial charge in [0.1, 0.15) is 0 Å². The van der Waals surface area contributed by atoms with Crippen LogP contribution in [-0.4, -0.2) is 15.8 Å². The van der Waals surface area contributed by atoms with E-state index in [0.717, 1.165) is 18.7 Å². The van der Waals surface area contributed by atoms with Crippen molar-refractivity contribution in [3.05, 3.63) is 29.6 Å². The van der Waals surface area contributed by atoms with Gasteiger partial charge in [0.05, 0.1) is 5.69 Å². The van der Waals surface area contributed by atoms with Crippen LogP contribution in [0.25, 0.3) is 0 Å². The predicted octanol–water partition coefficient (Wildman–Crippen LogP) is 3.14. The van der Waals surface area contributed by atoms with Crippen LogP contribution in [0.4, 0.5) is 0 Å². The second-order valence-corrected chi connectivity index (χ2v) is 4.71. The fraction of sp³-hybridized carbons (Fsp3) is 0.643. The lowest BCUT2D eigenvalue weighted by Crippen LogP contribution is -2.29. The molecule has 0 aliphatic rings. The zero-order valence-corrected chi connectivity index (χ0v) is 11.7. The summed E-state index contributed by atoms with van der Waals surface area (Å²) in [6.07, 6.45) is 2.95. The first kappa shape index (κ1) is 14.0. The molecular weight excluding hydrogens is 210 g/mol. The minimum absolute atomic E-state index is 0.338. The Morgan fingerprint density at radius 2 is 2.06 bits per heavy atom. The Bertz CT molecular complexity index is 379. The van der Waals surface area contributed by atoms with E-state index in [0.29, 0.717) is 12.1 Å². The molecule has 0 bridgehead atoms. The minimum Gasteiger partial charge on any atom is -0.307 e. The lowest BCUT2D eigenvalue weighted by molar-refractivity contribution is 0.479. The highest BCUT2D eigenvalue weighted by Crippen LogP contribution is 2.22. The van der Waals surface area contributed by atoms with Crippen LogP contribution in [0.15, 0.2) is 12.7 Å². The Balaban J connectivity index is 2.84. The van der Waals surface area contributed by atoms with E-state index in [1.165, 1.54) is 11.3 Å². The van der Waals surface area contributed by atoms with Gasteiger partial charge in [0.25, 0.3) is 0 Å². The van der Waals surface area contributed by atoms with Crippen LogP contribution in [0.5, 0.6) is 0 Å². The van der Waals surface area contributed by atoms with Crippen LogP contribution in [0, 0.1) is 13.8 Å². The average Bonchev–Trinajstić information content (AvgIpc) is 2.53. The number of aromatic nitrogens is 2. The van der Waals surface area contributed by atoms with Crippen LogP contribution in [0.3, 0.4) is 0 Å². The lowest BCUT2D eigenvalue weighted by atomic mass is 10.0. The topological polar surface area (TPSA) is 29.9 Å². The Labute approximate surface area is 105 Å². The van der Waals surface area contributed by atoms with E-state index in [2.05, 4.69) is 56.3 Å². The highest BCUT2D eigenvalue weighted by molar-refractivity contribution is 5.27. The third-order valence-electron chi connectivity index (χ3n) is 3.22. The molecule has 0 fully saturated rings. The Morgan fingerprint density at radius 1 is 1.41 bits per heavy atom. The van der Waals surface area contributed by atoms with Crippen molar-refractivity contribution in [3.8, 4) is 0 Å². The first-order valence-corrected chi connectivity index (χ1v) is 6.42. The van der Waals surface area contributed by atoms with Crippen molar-refractivity contribution in [3.63, 3.8) is 0 Å². The van der Waals surface area contributed by atoms with Crippen molar-refractivity contribution < 1.29 is 0 Å². The summed E-state index contributed by atoms with van der Waals surface area (Å²) >= 11 is 0. The summed E-state index contributed by atoms with van der Waals surface area (Å²) in [7, 11) is 0. The lowest BCUT2D eigenvalue weighted by Gasteiger charge is -2.19. The Hall–Kier alpha value is -1.09. The summed E-state index contributed by atoms with van der Waals surface area (Å²) in [5.74, 6) is 0. The molecule has 1 N–H and O–H groups in total. The van der Waals surface area contributed by atoms with Gasteiger partial charge in [-0.1, -0.05) is 6.08 Å². The molecule has 1 rings (SSSR count). The van der Waals surface area contributed by atoms with E-state index in [4.69, 9.17) is 0 Å². The maximum absolute atomic E-state index is 4.56. The van der Waals surface area contributed by atoms with Crippen LogP contribution < -0.4 is 5.32 Å². The second kappa shape index (κ2) is 6.01. The third kappa shape index (κ3) is 3.19. The zero-order valence-electron chi connectivity index (χ0n) is 11.7. The SMILES string of the molecule is C=CCC(C)NC(C)c1c(C)nn(CC)c1C. The van der Waals surface area contributed by atoms with Crippen molar-refractivity contribution in [2.45, 2.75) is 59.7 Å². The zero-order chi connectivity index (χ0) is 13.0. The second-order valence-electron chi connectivity index (χ2n) is 4.71. The van der Waals surface area contributed by atoms with Gasteiger partial charge in [0.2, 0.25) is 0 Å². The summed E-state index contributed by atoms with van der Waals surface area (Å²) < 4.78 is 2.07. The van der Waals surface area contributed by atoms with E-state index in [1.807, 2.05) is 6.08 Å². The van der Waals surface area contributed by atoms with Crippen LogP contribution in [0.1, 0.15) is 50.2 Å². The van der Waals surface area contributed by atoms with Gasteiger partial charge in [-0.05, 0) is 41.0 Å². The monoisotopic (exact) mass is 235 g/mol. The molecule has 17 heavy (non-hydrogen) atoms. The fourth-order valence-corrected chi connectivity index (χ4v) is 2.47. The predicted molar refractivity (Wildman–Crippen MR) is 73.2 cm³/mol. The molecule has 0 saturated carbocycles. The quantitative estimate of drug-likeness (QED) is 0.768. The molecule has 0 aromatic carbocycles. The number of nitrogens with one attached hydrogen (secondary N) is 1. The Kier molecular flexibility index (Phi) is 4.94. The molecule has 2 atom stereocenters. The highest BCUT2D eigenvalue weighted by atomic mass is 15.3. The van der Waals surface area contributed by atoms with Crippen molar-refractivity contribution >= 4 is 0 Å². The van der Waals surface area contributed by atoms with E-state index in [-0.39, 0.29) is 0 Å². The average molecular weight is 235 g/mol. The standard InChI is InChI=1S/C14H25N3/c1-7-9-10(3)15-11(4)14-12(5)16-17(8-2)13(14)6/h7,10-11,15H,1,8-9H2,2-6H3. The highest BCUT2D eigenvalue weighted by Gasteiger charge is 2.17. The van der Waals surface area contributed by atoms with Gasteiger partial charge in [-0.2, -0.15) is 5.10 Å². The number of hydrogen-bond acceptors (Lipinski definition) is 2. The molecule has 0 radical (unpaired) electrons. The van der Waals surface area contributed by atoms with Crippen molar-refractivity contribution in [1.82, 2.24) is 15.1 Å². The molecule has 96 valence electrons. The van der Waals surface area contributed by atoms with Crippen molar-refractivity contribution in [1.29, 1.82) is 0 Å². The van der Waals surface area contributed by atoms with Gasteiger partial charge in [0, 0.05) is 29.9 Å². The van der Waals surface area contributed by atoms with Crippen molar-refractivity contribution in [2.24, 2.45) is 0 Å². The Morgan fingerprint density at radius 3 is 2.53 bits per heavy atom. The first-order valence-electron chi connectivity index (χ1n) is 6.42. The molecule has 1 aromatic heterocycles. The molecular formula is C14H25N3. The summed E-state index contributed by atoms with van der Waals surface area (Å²) in [4.78, 5) is 0. The summed E-state index contributed by atoms with van der Waals surface area (Å²) in [5, 5.41) is 8.15. The van der Waals surface area contributed by atoms with E-state index in [1.54, 1.807) is 0 Å². The molecule has 1 aromatic rings. The summed E-state index contributed by atoms with van der Waals surface area (Å²) in [6, 6.07) is 0.788. The van der Waals surface area contributed by atoms with E-state index in [9.17, 15) is 0 Å². The molecule has 0 aliphatic carbocycles.